The predicted octanol–water partition coefficient (Wildman–Crippen LogP) is 4.15. The highest BCUT2D eigenvalue weighted by Crippen LogP contribution is 2.35. The summed E-state index contributed by atoms with van der Waals surface area (Å²) in [5.41, 5.74) is 1.33. The number of anilines is 1. The molecule has 0 spiro atoms. The Bertz CT molecular complexity index is 608. The Balaban J connectivity index is 1.97. The molecule has 0 N–H and O–H groups in total. The van der Waals surface area contributed by atoms with Gasteiger partial charge in [0.2, 0.25) is 0 Å². The minimum Gasteiger partial charge on any atom is -0.356 e. The summed E-state index contributed by atoms with van der Waals surface area (Å²) in [6, 6.07) is 0. The predicted molar refractivity (Wildman–Crippen MR) is 87.2 cm³/mol. The number of rotatable bonds is 3. The van der Waals surface area contributed by atoms with Crippen LogP contribution in [0, 0.1) is 19.8 Å². The summed E-state index contributed by atoms with van der Waals surface area (Å²) in [6.07, 6.45) is 5.33. The van der Waals surface area contributed by atoms with Gasteiger partial charge in [0.1, 0.15) is 17.0 Å². The van der Waals surface area contributed by atoms with Crippen LogP contribution in [-0.4, -0.2) is 28.9 Å². The van der Waals surface area contributed by atoms with Gasteiger partial charge >= 0.3 is 0 Å². The lowest BCUT2D eigenvalue weighted by Crippen LogP contribution is -2.36. The Morgan fingerprint density at radius 1 is 1.40 bits per heavy atom. The van der Waals surface area contributed by atoms with Gasteiger partial charge in [-0.25, -0.2) is 9.97 Å². The molecule has 5 heteroatoms. The van der Waals surface area contributed by atoms with E-state index in [-0.39, 0.29) is 0 Å². The van der Waals surface area contributed by atoms with E-state index in [0.717, 1.165) is 36.0 Å². The van der Waals surface area contributed by atoms with E-state index in [9.17, 15) is 0 Å². The summed E-state index contributed by atoms with van der Waals surface area (Å²) < 4.78 is 0. The van der Waals surface area contributed by atoms with Crippen LogP contribution in [0.1, 0.15) is 29.7 Å². The van der Waals surface area contributed by atoms with Gasteiger partial charge in [-0.15, -0.1) is 22.9 Å². The molecule has 2 aromatic rings. The first kappa shape index (κ1) is 14.1. The molecule has 1 unspecified atom stereocenters. The van der Waals surface area contributed by atoms with Crippen LogP contribution in [0.3, 0.4) is 0 Å². The molecule has 0 radical (unpaired) electrons. The van der Waals surface area contributed by atoms with E-state index >= 15 is 0 Å². The first-order valence-corrected chi connectivity index (χ1v) is 8.57. The van der Waals surface area contributed by atoms with Gasteiger partial charge in [0.15, 0.2) is 0 Å². The lowest BCUT2D eigenvalue weighted by Gasteiger charge is -2.33. The number of aromatic nitrogens is 2. The van der Waals surface area contributed by atoms with Crippen LogP contribution in [0.5, 0.6) is 0 Å². The maximum absolute atomic E-state index is 5.91. The largest absolute Gasteiger partial charge is 0.356 e. The quantitative estimate of drug-likeness (QED) is 0.797. The molecule has 1 aliphatic heterocycles. The van der Waals surface area contributed by atoms with Crippen LogP contribution in [0.4, 0.5) is 5.82 Å². The van der Waals surface area contributed by atoms with Crippen molar-refractivity contribution in [2.45, 2.75) is 33.1 Å². The fourth-order valence-electron chi connectivity index (χ4n) is 3.05. The minimum atomic E-state index is 0.700. The third-order valence-electron chi connectivity index (χ3n) is 4.28. The van der Waals surface area contributed by atoms with Gasteiger partial charge in [-0.1, -0.05) is 0 Å². The summed E-state index contributed by atoms with van der Waals surface area (Å²) in [6.45, 7) is 6.52. The lowest BCUT2D eigenvalue weighted by molar-refractivity contribution is 0.405. The normalized spacial score (nSPS) is 19.8. The van der Waals surface area contributed by atoms with Gasteiger partial charge in [-0.3, -0.25) is 0 Å². The second-order valence-corrected chi connectivity index (χ2v) is 7.17. The highest BCUT2D eigenvalue weighted by molar-refractivity contribution is 7.18. The molecule has 0 aromatic carbocycles. The zero-order valence-electron chi connectivity index (χ0n) is 12.0. The number of fused-ring (bicyclic) bond motifs is 1. The molecule has 108 valence electrons. The van der Waals surface area contributed by atoms with Crippen molar-refractivity contribution in [1.82, 2.24) is 9.97 Å². The Morgan fingerprint density at radius 2 is 2.25 bits per heavy atom. The zero-order chi connectivity index (χ0) is 14.1. The van der Waals surface area contributed by atoms with E-state index in [4.69, 9.17) is 11.6 Å². The van der Waals surface area contributed by atoms with Crippen molar-refractivity contribution in [2.75, 3.05) is 23.9 Å². The molecule has 1 aliphatic rings. The average Bonchev–Trinajstić information content (AvgIpc) is 2.75. The molecule has 2 aromatic heterocycles. The van der Waals surface area contributed by atoms with Crippen LogP contribution in [0.25, 0.3) is 10.2 Å². The summed E-state index contributed by atoms with van der Waals surface area (Å²) in [5.74, 6) is 2.58. The number of hydrogen-bond donors (Lipinski definition) is 0. The van der Waals surface area contributed by atoms with E-state index in [1.165, 1.54) is 28.7 Å². The second kappa shape index (κ2) is 5.86. The summed E-state index contributed by atoms with van der Waals surface area (Å²) in [4.78, 5) is 13.9. The van der Waals surface area contributed by atoms with Crippen LogP contribution in [-0.2, 0) is 0 Å². The molecule has 0 aliphatic carbocycles. The van der Waals surface area contributed by atoms with Gasteiger partial charge in [-0.05, 0) is 44.6 Å². The molecule has 1 saturated heterocycles. The Kier molecular flexibility index (Phi) is 4.13. The number of aryl methyl sites for hydroxylation is 2. The van der Waals surface area contributed by atoms with Gasteiger partial charge in [0, 0.05) is 23.8 Å². The van der Waals surface area contributed by atoms with Gasteiger partial charge in [0.25, 0.3) is 0 Å². The van der Waals surface area contributed by atoms with Crippen LogP contribution >= 0.6 is 22.9 Å². The third-order valence-corrected chi connectivity index (χ3v) is 5.61. The first-order valence-electron chi connectivity index (χ1n) is 7.22. The smallest absolute Gasteiger partial charge is 0.141 e. The fraction of sp³-hybridized carbons (Fsp3) is 0.600. The molecular formula is C15H20ClN3S. The topological polar surface area (TPSA) is 29.0 Å². The molecule has 1 fully saturated rings. The zero-order valence-corrected chi connectivity index (χ0v) is 13.6. The average molecular weight is 310 g/mol. The minimum absolute atomic E-state index is 0.700. The van der Waals surface area contributed by atoms with Crippen LogP contribution in [0.15, 0.2) is 6.33 Å². The van der Waals surface area contributed by atoms with E-state index in [1.807, 2.05) is 0 Å². The molecule has 0 bridgehead atoms. The van der Waals surface area contributed by atoms with Crippen molar-refractivity contribution in [3.05, 3.63) is 16.8 Å². The highest BCUT2D eigenvalue weighted by atomic mass is 35.5. The van der Waals surface area contributed by atoms with Crippen LogP contribution < -0.4 is 4.90 Å². The fourth-order valence-corrected chi connectivity index (χ4v) is 4.35. The molecule has 0 amide bonds. The van der Waals surface area contributed by atoms with Gasteiger partial charge in [-0.2, -0.15) is 0 Å². The molecule has 1 atom stereocenters. The number of piperidine rings is 1. The van der Waals surface area contributed by atoms with Crippen molar-refractivity contribution in [2.24, 2.45) is 5.92 Å². The van der Waals surface area contributed by atoms with E-state index in [2.05, 4.69) is 28.7 Å². The number of hydrogen-bond acceptors (Lipinski definition) is 4. The molecule has 20 heavy (non-hydrogen) atoms. The van der Waals surface area contributed by atoms with Crippen molar-refractivity contribution < 1.29 is 0 Å². The molecular weight excluding hydrogens is 290 g/mol. The van der Waals surface area contributed by atoms with Crippen molar-refractivity contribution in [3.63, 3.8) is 0 Å². The first-order chi connectivity index (χ1) is 9.70. The maximum Gasteiger partial charge on any atom is 0.141 e. The van der Waals surface area contributed by atoms with E-state index in [1.54, 1.807) is 17.7 Å². The highest BCUT2D eigenvalue weighted by Gasteiger charge is 2.23. The van der Waals surface area contributed by atoms with Gasteiger partial charge < -0.3 is 4.90 Å². The second-order valence-electron chi connectivity index (χ2n) is 5.59. The molecule has 3 nitrogen and oxygen atoms in total. The lowest BCUT2D eigenvalue weighted by atomic mass is 9.95. The van der Waals surface area contributed by atoms with Crippen molar-refractivity contribution >= 4 is 39.0 Å². The van der Waals surface area contributed by atoms with E-state index < -0.39 is 0 Å². The molecule has 0 saturated carbocycles. The Morgan fingerprint density at radius 3 is 3.05 bits per heavy atom. The van der Waals surface area contributed by atoms with E-state index in [0.29, 0.717) is 5.92 Å². The van der Waals surface area contributed by atoms with Crippen molar-refractivity contribution in [1.29, 1.82) is 0 Å². The SMILES string of the molecule is Cc1sc2ncnc(N3CCCC(CCCl)C3)c2c1C. The summed E-state index contributed by atoms with van der Waals surface area (Å²) >= 11 is 7.68. The summed E-state index contributed by atoms with van der Waals surface area (Å²) in [7, 11) is 0. The third kappa shape index (κ3) is 2.51. The standard InChI is InChI=1S/C15H20ClN3S/c1-10-11(2)20-15-13(10)14(17-9-18-15)19-7-3-4-12(8-19)5-6-16/h9,12H,3-8H2,1-2H3. The molecule has 3 heterocycles. The monoisotopic (exact) mass is 309 g/mol. The van der Waals surface area contributed by atoms with Crippen molar-refractivity contribution in [3.8, 4) is 0 Å². The Labute approximate surface area is 129 Å². The Hall–Kier alpha value is -0.870. The van der Waals surface area contributed by atoms with Gasteiger partial charge in [0.05, 0.1) is 5.39 Å². The number of halogens is 1. The number of alkyl halides is 1. The number of nitrogens with zero attached hydrogens (tertiary/aromatic N) is 3. The maximum atomic E-state index is 5.91. The summed E-state index contributed by atoms with van der Waals surface area (Å²) in [5, 5.41) is 1.25. The molecule has 3 rings (SSSR count). The van der Waals surface area contributed by atoms with Crippen LogP contribution in [0.2, 0.25) is 0 Å². The number of thiophene rings is 1.